The predicted octanol–water partition coefficient (Wildman–Crippen LogP) is 5.30. The molecule has 2 heterocycles. The average molecular weight is 459 g/mol. The normalized spacial score (nSPS) is 12.3. The summed E-state index contributed by atoms with van der Waals surface area (Å²) in [6, 6.07) is 2.00. The van der Waals surface area contributed by atoms with Crippen molar-refractivity contribution in [3.05, 3.63) is 56.1 Å². The molecule has 0 aliphatic rings. The Hall–Kier alpha value is -2.73. The summed E-state index contributed by atoms with van der Waals surface area (Å²) in [4.78, 5) is 17.5. The maximum absolute atomic E-state index is 13.4. The minimum absolute atomic E-state index is 0.123. The highest BCUT2D eigenvalue weighted by Gasteiger charge is 2.40. The number of nitrogens with zero attached hydrogens (tertiary/aromatic N) is 2. The molecular formula is C15H6Cl2F6N4O2. The fourth-order valence-electron chi connectivity index (χ4n) is 2.21. The lowest BCUT2D eigenvalue weighted by molar-refractivity contribution is -0.142. The molecule has 0 aliphatic carbocycles. The Bertz CT molecular complexity index is 1120. The summed E-state index contributed by atoms with van der Waals surface area (Å²) in [6.45, 7) is 0. The van der Waals surface area contributed by atoms with Gasteiger partial charge >= 0.3 is 12.4 Å². The Kier molecular flexibility index (Phi) is 5.26. The fourth-order valence-corrected chi connectivity index (χ4v) is 2.61. The van der Waals surface area contributed by atoms with E-state index in [4.69, 9.17) is 27.9 Å². The third-order valence-electron chi connectivity index (χ3n) is 3.43. The first-order valence-electron chi connectivity index (χ1n) is 7.33. The minimum Gasteiger partial charge on any atom is -0.449 e. The standard InChI is InChI=1S/C15H6Cl2F6N4O2/c16-7-2-1-5(3-6(7)14(18,19)20)29-10-11(15(21,22)23)25-12(26-13(10)28)9-8(17)4-24-27-9/h1-4H,(H,24,27)(H,25,26,28). The number of aromatic amines is 2. The molecule has 0 aliphatic heterocycles. The molecule has 0 radical (unpaired) electrons. The number of alkyl halides is 6. The second kappa shape index (κ2) is 7.26. The summed E-state index contributed by atoms with van der Waals surface area (Å²) in [6.07, 6.45) is -8.93. The summed E-state index contributed by atoms with van der Waals surface area (Å²) < 4.78 is 83.9. The van der Waals surface area contributed by atoms with E-state index >= 15 is 0 Å². The van der Waals surface area contributed by atoms with Gasteiger partial charge in [0.25, 0.3) is 5.56 Å². The van der Waals surface area contributed by atoms with Crippen LogP contribution in [0.2, 0.25) is 10.0 Å². The van der Waals surface area contributed by atoms with Crippen molar-refractivity contribution in [2.75, 3.05) is 0 Å². The van der Waals surface area contributed by atoms with Crippen LogP contribution in [0.1, 0.15) is 11.3 Å². The Labute approximate surface area is 166 Å². The number of H-pyrrole nitrogens is 2. The number of hydrogen-bond donors (Lipinski definition) is 2. The van der Waals surface area contributed by atoms with Crippen LogP contribution in [-0.2, 0) is 12.4 Å². The van der Waals surface area contributed by atoms with Gasteiger partial charge in [-0.15, -0.1) is 0 Å². The molecule has 1 aromatic carbocycles. The van der Waals surface area contributed by atoms with Crippen molar-refractivity contribution in [2.45, 2.75) is 12.4 Å². The van der Waals surface area contributed by atoms with E-state index < -0.39 is 51.5 Å². The first-order chi connectivity index (χ1) is 13.4. The lowest BCUT2D eigenvalue weighted by Gasteiger charge is -2.15. The Morgan fingerprint density at radius 2 is 1.69 bits per heavy atom. The van der Waals surface area contributed by atoms with Gasteiger partial charge in [0.1, 0.15) is 11.4 Å². The second-order valence-corrected chi connectivity index (χ2v) is 6.23. The molecule has 14 heteroatoms. The van der Waals surface area contributed by atoms with Gasteiger partial charge < -0.3 is 9.72 Å². The van der Waals surface area contributed by atoms with Crippen LogP contribution in [0.3, 0.4) is 0 Å². The molecule has 2 aromatic heterocycles. The monoisotopic (exact) mass is 458 g/mol. The Morgan fingerprint density at radius 3 is 2.24 bits per heavy atom. The molecule has 2 N–H and O–H groups in total. The zero-order chi connectivity index (χ0) is 21.6. The fraction of sp³-hybridized carbons (Fsp3) is 0.133. The van der Waals surface area contributed by atoms with Crippen LogP contribution < -0.4 is 10.3 Å². The van der Waals surface area contributed by atoms with Gasteiger partial charge in [-0.05, 0) is 18.2 Å². The SMILES string of the molecule is O=c1[nH]c(-c2n[nH]cc2Cl)nc(C(F)(F)F)c1Oc1ccc(Cl)c(C(F)(F)F)c1. The molecule has 0 amide bonds. The molecule has 154 valence electrons. The summed E-state index contributed by atoms with van der Waals surface area (Å²) in [5, 5.41) is 5.03. The zero-order valence-corrected chi connectivity index (χ0v) is 15.1. The quantitative estimate of drug-likeness (QED) is 0.521. The van der Waals surface area contributed by atoms with Crippen molar-refractivity contribution in [2.24, 2.45) is 0 Å². The molecule has 0 atom stereocenters. The van der Waals surface area contributed by atoms with Crippen LogP contribution >= 0.6 is 23.2 Å². The molecule has 0 fully saturated rings. The van der Waals surface area contributed by atoms with E-state index in [0.29, 0.717) is 6.07 Å². The van der Waals surface area contributed by atoms with Crippen LogP contribution in [0.5, 0.6) is 11.5 Å². The van der Waals surface area contributed by atoms with Gasteiger partial charge in [-0.25, -0.2) is 4.98 Å². The van der Waals surface area contributed by atoms with E-state index in [1.807, 2.05) is 4.98 Å². The number of benzene rings is 1. The maximum Gasteiger partial charge on any atom is 0.437 e. The smallest absolute Gasteiger partial charge is 0.437 e. The third-order valence-corrected chi connectivity index (χ3v) is 4.04. The number of halogens is 8. The highest BCUT2D eigenvalue weighted by Crippen LogP contribution is 2.39. The molecule has 0 spiro atoms. The predicted molar refractivity (Wildman–Crippen MR) is 89.0 cm³/mol. The van der Waals surface area contributed by atoms with E-state index in [0.717, 1.165) is 18.3 Å². The van der Waals surface area contributed by atoms with Crippen molar-refractivity contribution in [3.8, 4) is 23.0 Å². The summed E-state index contributed by atoms with van der Waals surface area (Å²) in [5.74, 6) is -2.68. The van der Waals surface area contributed by atoms with Gasteiger partial charge in [0.15, 0.2) is 11.5 Å². The lowest BCUT2D eigenvalue weighted by Crippen LogP contribution is -2.21. The largest absolute Gasteiger partial charge is 0.449 e. The Morgan fingerprint density at radius 1 is 1.00 bits per heavy atom. The van der Waals surface area contributed by atoms with Crippen LogP contribution in [0.25, 0.3) is 11.5 Å². The molecule has 0 saturated heterocycles. The van der Waals surface area contributed by atoms with E-state index in [2.05, 4.69) is 15.2 Å². The average Bonchev–Trinajstić information content (AvgIpc) is 3.02. The van der Waals surface area contributed by atoms with E-state index in [1.165, 1.54) is 0 Å². The third kappa shape index (κ3) is 4.32. The Balaban J connectivity index is 2.13. The van der Waals surface area contributed by atoms with Crippen LogP contribution in [0, 0.1) is 0 Å². The molecule has 0 bridgehead atoms. The molecular weight excluding hydrogens is 453 g/mol. The van der Waals surface area contributed by atoms with Gasteiger partial charge in [-0.3, -0.25) is 9.89 Å². The highest BCUT2D eigenvalue weighted by atomic mass is 35.5. The summed E-state index contributed by atoms with van der Waals surface area (Å²) >= 11 is 11.2. The van der Waals surface area contributed by atoms with Crippen molar-refractivity contribution in [1.82, 2.24) is 20.2 Å². The van der Waals surface area contributed by atoms with Crippen LogP contribution in [0.15, 0.2) is 29.2 Å². The molecule has 6 nitrogen and oxygen atoms in total. The molecule has 29 heavy (non-hydrogen) atoms. The van der Waals surface area contributed by atoms with Crippen molar-refractivity contribution in [1.29, 1.82) is 0 Å². The number of rotatable bonds is 3. The second-order valence-electron chi connectivity index (χ2n) is 5.41. The van der Waals surface area contributed by atoms with E-state index in [9.17, 15) is 31.1 Å². The summed E-state index contributed by atoms with van der Waals surface area (Å²) in [7, 11) is 0. The highest BCUT2D eigenvalue weighted by molar-refractivity contribution is 6.32. The number of nitrogens with one attached hydrogen (secondary N) is 2. The van der Waals surface area contributed by atoms with E-state index in [1.54, 1.807) is 0 Å². The molecule has 0 unspecified atom stereocenters. The van der Waals surface area contributed by atoms with Gasteiger partial charge in [0.05, 0.1) is 15.6 Å². The molecule has 3 aromatic rings. The summed E-state index contributed by atoms with van der Waals surface area (Å²) in [5.41, 5.74) is -4.81. The number of aromatic nitrogens is 4. The van der Waals surface area contributed by atoms with Gasteiger partial charge in [0.2, 0.25) is 5.75 Å². The van der Waals surface area contributed by atoms with Crippen molar-refractivity contribution >= 4 is 23.2 Å². The van der Waals surface area contributed by atoms with Crippen LogP contribution in [0.4, 0.5) is 26.3 Å². The topological polar surface area (TPSA) is 83.7 Å². The van der Waals surface area contributed by atoms with Gasteiger partial charge in [-0.1, -0.05) is 23.2 Å². The number of ether oxygens (including phenoxy) is 1. The minimum atomic E-state index is -5.18. The lowest BCUT2D eigenvalue weighted by atomic mass is 10.2. The van der Waals surface area contributed by atoms with Crippen LogP contribution in [-0.4, -0.2) is 20.2 Å². The first kappa shape index (κ1) is 21.0. The van der Waals surface area contributed by atoms with Crippen molar-refractivity contribution < 1.29 is 31.1 Å². The molecule has 0 saturated carbocycles. The van der Waals surface area contributed by atoms with Crippen molar-refractivity contribution in [3.63, 3.8) is 0 Å². The van der Waals surface area contributed by atoms with Gasteiger partial charge in [0, 0.05) is 6.20 Å². The zero-order valence-electron chi connectivity index (χ0n) is 13.5. The maximum atomic E-state index is 13.4. The number of hydrogen-bond acceptors (Lipinski definition) is 4. The van der Waals surface area contributed by atoms with E-state index in [-0.39, 0.29) is 10.7 Å². The molecule has 3 rings (SSSR count). The van der Waals surface area contributed by atoms with Gasteiger partial charge in [-0.2, -0.15) is 31.4 Å². The first-order valence-corrected chi connectivity index (χ1v) is 8.09.